The molecule has 2 fully saturated rings. The normalized spacial score (nSPS) is 21.8. The van der Waals surface area contributed by atoms with E-state index in [2.05, 4.69) is 28.3 Å². The number of nitrogens with zero attached hydrogens (tertiary/aromatic N) is 2. The van der Waals surface area contributed by atoms with Gasteiger partial charge in [0.15, 0.2) is 0 Å². The molecular formula is C26H21BrClN3O3. The van der Waals surface area contributed by atoms with E-state index in [9.17, 15) is 14.4 Å². The van der Waals surface area contributed by atoms with Crippen molar-refractivity contribution in [1.29, 1.82) is 0 Å². The second kappa shape index (κ2) is 8.98. The van der Waals surface area contributed by atoms with Gasteiger partial charge in [0.1, 0.15) is 6.04 Å². The van der Waals surface area contributed by atoms with Crippen molar-refractivity contribution >= 4 is 50.9 Å². The summed E-state index contributed by atoms with van der Waals surface area (Å²) >= 11 is 9.74. The molecule has 0 radical (unpaired) electrons. The molecule has 2 heterocycles. The van der Waals surface area contributed by atoms with Gasteiger partial charge < -0.3 is 0 Å². The van der Waals surface area contributed by atoms with Crippen molar-refractivity contribution in [2.75, 3.05) is 4.90 Å². The lowest BCUT2D eigenvalue weighted by Crippen LogP contribution is -2.48. The SMILES string of the molecule is CCc1ccc(C2NN(C(=O)c3cccc(Br)c3)C3C(=O)N(c4ccccc4Cl)C(=O)C23)cc1. The molecule has 6 nitrogen and oxygen atoms in total. The molecule has 3 amide bonds. The zero-order valence-corrected chi connectivity index (χ0v) is 20.6. The van der Waals surface area contributed by atoms with E-state index in [1.54, 1.807) is 42.5 Å². The molecule has 2 aliphatic rings. The average Bonchev–Trinajstić information content (AvgIpc) is 3.36. The molecule has 0 saturated carbocycles. The molecule has 3 unspecified atom stereocenters. The fourth-order valence-electron chi connectivity index (χ4n) is 4.64. The van der Waals surface area contributed by atoms with E-state index >= 15 is 0 Å². The number of para-hydroxylation sites is 1. The van der Waals surface area contributed by atoms with Crippen LogP contribution in [0.5, 0.6) is 0 Å². The molecule has 0 aromatic heterocycles. The molecular weight excluding hydrogens is 518 g/mol. The number of nitrogens with one attached hydrogen (secondary N) is 1. The van der Waals surface area contributed by atoms with Crippen molar-refractivity contribution in [3.05, 3.63) is 99.0 Å². The molecule has 2 aliphatic heterocycles. The summed E-state index contributed by atoms with van der Waals surface area (Å²) in [5.74, 6) is -2.03. The molecule has 34 heavy (non-hydrogen) atoms. The van der Waals surface area contributed by atoms with Gasteiger partial charge in [-0.25, -0.2) is 10.3 Å². The fraction of sp³-hybridized carbons (Fsp3) is 0.192. The minimum Gasteiger partial charge on any atom is -0.274 e. The summed E-state index contributed by atoms with van der Waals surface area (Å²) in [7, 11) is 0. The molecule has 3 aromatic rings. The van der Waals surface area contributed by atoms with Crippen molar-refractivity contribution in [3.63, 3.8) is 0 Å². The Bertz CT molecular complexity index is 1300. The first-order valence-corrected chi connectivity index (χ1v) is 12.1. The standard InChI is InChI=1S/C26H21BrClN3O3/c1-2-15-10-12-16(13-11-15)22-21-23(31(29-22)24(32)17-6-5-7-18(27)14-17)26(34)30(25(21)33)20-9-4-3-8-19(20)28/h3-14,21-23,29H,2H2,1H3. The van der Waals surface area contributed by atoms with E-state index in [1.807, 2.05) is 30.3 Å². The maximum atomic E-state index is 13.7. The number of hydrazine groups is 1. The third-order valence-corrected chi connectivity index (χ3v) is 7.18. The van der Waals surface area contributed by atoms with Crippen LogP contribution in [0.2, 0.25) is 5.02 Å². The number of halogens is 2. The third kappa shape index (κ3) is 3.74. The number of carbonyl (C=O) groups is 3. The lowest BCUT2D eigenvalue weighted by molar-refractivity contribution is -0.123. The van der Waals surface area contributed by atoms with E-state index in [1.165, 1.54) is 5.01 Å². The average molecular weight is 539 g/mol. The molecule has 172 valence electrons. The van der Waals surface area contributed by atoms with Crippen LogP contribution in [0.4, 0.5) is 5.69 Å². The lowest BCUT2D eigenvalue weighted by Gasteiger charge is -2.25. The Kier molecular flexibility index (Phi) is 6.02. The van der Waals surface area contributed by atoms with E-state index in [4.69, 9.17) is 11.6 Å². The van der Waals surface area contributed by atoms with Crippen LogP contribution in [0.25, 0.3) is 0 Å². The zero-order valence-electron chi connectivity index (χ0n) is 18.2. The number of fused-ring (bicyclic) bond motifs is 1. The zero-order chi connectivity index (χ0) is 24.0. The maximum absolute atomic E-state index is 13.7. The van der Waals surface area contributed by atoms with Crippen LogP contribution in [-0.2, 0) is 16.0 Å². The number of imide groups is 1. The predicted molar refractivity (Wildman–Crippen MR) is 133 cm³/mol. The second-order valence-corrected chi connectivity index (χ2v) is 9.64. The highest BCUT2D eigenvalue weighted by atomic mass is 79.9. The van der Waals surface area contributed by atoms with Gasteiger partial charge in [0.05, 0.1) is 22.7 Å². The summed E-state index contributed by atoms with van der Waals surface area (Å²) in [5.41, 5.74) is 5.90. The second-order valence-electron chi connectivity index (χ2n) is 8.32. The molecule has 1 N–H and O–H groups in total. The summed E-state index contributed by atoms with van der Waals surface area (Å²) in [6.45, 7) is 2.07. The predicted octanol–water partition coefficient (Wildman–Crippen LogP) is 4.92. The van der Waals surface area contributed by atoms with Gasteiger partial charge >= 0.3 is 0 Å². The van der Waals surface area contributed by atoms with Gasteiger partial charge in [-0.2, -0.15) is 0 Å². The van der Waals surface area contributed by atoms with Crippen LogP contribution < -0.4 is 10.3 Å². The Morgan fingerprint density at radius 3 is 2.41 bits per heavy atom. The van der Waals surface area contributed by atoms with E-state index < -0.39 is 23.9 Å². The molecule has 0 spiro atoms. The highest BCUT2D eigenvalue weighted by Crippen LogP contribution is 2.43. The summed E-state index contributed by atoms with van der Waals surface area (Å²) < 4.78 is 0.743. The van der Waals surface area contributed by atoms with Crippen LogP contribution in [0, 0.1) is 5.92 Å². The third-order valence-electron chi connectivity index (χ3n) is 6.37. The van der Waals surface area contributed by atoms with E-state index in [-0.39, 0.29) is 11.8 Å². The van der Waals surface area contributed by atoms with Crippen LogP contribution in [0.15, 0.2) is 77.3 Å². The Balaban J connectivity index is 1.59. The minimum atomic E-state index is -0.994. The highest BCUT2D eigenvalue weighted by molar-refractivity contribution is 9.10. The first-order valence-electron chi connectivity index (χ1n) is 11.0. The van der Waals surface area contributed by atoms with Crippen molar-refractivity contribution in [2.24, 2.45) is 5.92 Å². The number of hydrogen-bond donors (Lipinski definition) is 1. The van der Waals surface area contributed by atoms with Crippen LogP contribution in [0.3, 0.4) is 0 Å². The maximum Gasteiger partial charge on any atom is 0.268 e. The fourth-order valence-corrected chi connectivity index (χ4v) is 5.26. The summed E-state index contributed by atoms with van der Waals surface area (Å²) in [4.78, 5) is 42.0. The quantitative estimate of drug-likeness (QED) is 0.479. The van der Waals surface area contributed by atoms with Crippen LogP contribution >= 0.6 is 27.5 Å². The number of rotatable bonds is 4. The topological polar surface area (TPSA) is 69.7 Å². The van der Waals surface area contributed by atoms with Crippen molar-refractivity contribution in [2.45, 2.75) is 25.4 Å². The Morgan fingerprint density at radius 1 is 1.00 bits per heavy atom. The van der Waals surface area contributed by atoms with E-state index in [0.29, 0.717) is 16.3 Å². The smallest absolute Gasteiger partial charge is 0.268 e. The largest absolute Gasteiger partial charge is 0.274 e. The first kappa shape index (κ1) is 22.8. The van der Waals surface area contributed by atoms with Gasteiger partial charge in [-0.1, -0.05) is 76.9 Å². The molecule has 3 aromatic carbocycles. The number of carbonyl (C=O) groups excluding carboxylic acids is 3. The van der Waals surface area contributed by atoms with Gasteiger partial charge in [-0.3, -0.25) is 19.4 Å². The molecule has 2 saturated heterocycles. The molecule has 0 bridgehead atoms. The monoisotopic (exact) mass is 537 g/mol. The minimum absolute atomic E-state index is 0.297. The number of anilines is 1. The lowest BCUT2D eigenvalue weighted by atomic mass is 9.90. The van der Waals surface area contributed by atoms with Gasteiger partial charge in [0, 0.05) is 10.0 Å². The summed E-state index contributed by atoms with van der Waals surface area (Å²) in [5, 5.41) is 1.60. The number of hydrogen-bond acceptors (Lipinski definition) is 4. The van der Waals surface area contributed by atoms with Crippen LogP contribution in [-0.4, -0.2) is 28.8 Å². The number of amides is 3. The summed E-state index contributed by atoms with van der Waals surface area (Å²) in [6, 6.07) is 20.0. The molecule has 5 rings (SSSR count). The van der Waals surface area contributed by atoms with Crippen molar-refractivity contribution in [3.8, 4) is 0 Å². The van der Waals surface area contributed by atoms with Gasteiger partial charge in [0.2, 0.25) is 5.91 Å². The molecule has 3 atom stereocenters. The Hall–Kier alpha value is -3.00. The Morgan fingerprint density at radius 2 is 1.74 bits per heavy atom. The van der Waals surface area contributed by atoms with Crippen LogP contribution in [0.1, 0.15) is 34.5 Å². The van der Waals surface area contributed by atoms with Crippen molar-refractivity contribution < 1.29 is 14.4 Å². The van der Waals surface area contributed by atoms with Gasteiger partial charge in [-0.05, 0) is 47.9 Å². The van der Waals surface area contributed by atoms with Gasteiger partial charge in [0.25, 0.3) is 11.8 Å². The molecule has 0 aliphatic carbocycles. The number of benzene rings is 3. The number of aryl methyl sites for hydroxylation is 1. The Labute approximate surface area is 210 Å². The molecule has 8 heteroatoms. The van der Waals surface area contributed by atoms with Crippen molar-refractivity contribution in [1.82, 2.24) is 10.4 Å². The summed E-state index contributed by atoms with van der Waals surface area (Å²) in [6.07, 6.45) is 0.885. The van der Waals surface area contributed by atoms with E-state index in [0.717, 1.165) is 26.9 Å². The first-order chi connectivity index (χ1) is 16.4. The highest BCUT2D eigenvalue weighted by Gasteiger charge is 2.60. The van der Waals surface area contributed by atoms with Gasteiger partial charge in [-0.15, -0.1) is 0 Å².